The van der Waals surface area contributed by atoms with Crippen LogP contribution in [0.5, 0.6) is 0 Å². The van der Waals surface area contributed by atoms with E-state index in [2.05, 4.69) is 0 Å². The van der Waals surface area contributed by atoms with Crippen molar-refractivity contribution in [3.05, 3.63) is 180 Å². The highest BCUT2D eigenvalue weighted by molar-refractivity contribution is 6.37. The summed E-state index contributed by atoms with van der Waals surface area (Å²) in [4.78, 5) is 31.1. The first-order chi connectivity index (χ1) is 25.7. The van der Waals surface area contributed by atoms with Crippen molar-refractivity contribution in [3.63, 3.8) is 0 Å². The number of alkyl halides is 3. The van der Waals surface area contributed by atoms with Gasteiger partial charge in [0.05, 0.1) is 39.1 Å². The van der Waals surface area contributed by atoms with E-state index in [1.165, 1.54) is 11.0 Å². The molecular formula is C46H29F3N2O2. The van der Waals surface area contributed by atoms with Crippen molar-refractivity contribution in [2.45, 2.75) is 13.1 Å². The van der Waals surface area contributed by atoms with Crippen LogP contribution in [-0.2, 0) is 6.18 Å². The SMILES string of the molecule is Cc1ccc2c3ccc(C(F)(F)F)cc3n(-c3cccc4c3C(=O)N(c3c(-c5ccccc5)cc(-c5ccccc5)cc3-c3ccccc3)C4=O)c2c1. The molecule has 0 aliphatic carbocycles. The number of aryl methyl sites for hydroxylation is 1. The van der Waals surface area contributed by atoms with Gasteiger partial charge in [0.15, 0.2) is 0 Å². The van der Waals surface area contributed by atoms with Crippen molar-refractivity contribution in [3.8, 4) is 39.1 Å². The number of halogens is 3. The number of anilines is 1. The van der Waals surface area contributed by atoms with Gasteiger partial charge >= 0.3 is 6.18 Å². The van der Waals surface area contributed by atoms with Gasteiger partial charge in [-0.15, -0.1) is 0 Å². The number of hydrogen-bond donors (Lipinski definition) is 0. The summed E-state index contributed by atoms with van der Waals surface area (Å²) in [5, 5.41) is 1.34. The summed E-state index contributed by atoms with van der Waals surface area (Å²) in [6.45, 7) is 1.91. The Morgan fingerprint density at radius 2 is 1.04 bits per heavy atom. The summed E-state index contributed by atoms with van der Waals surface area (Å²) in [6, 6.07) is 47.5. The minimum absolute atomic E-state index is 0.125. The highest BCUT2D eigenvalue weighted by atomic mass is 19.4. The Labute approximate surface area is 303 Å². The molecule has 2 heterocycles. The second-order valence-corrected chi connectivity index (χ2v) is 13.2. The fourth-order valence-electron chi connectivity index (χ4n) is 7.57. The van der Waals surface area contributed by atoms with E-state index in [1.807, 2.05) is 128 Å². The van der Waals surface area contributed by atoms with Crippen molar-refractivity contribution in [1.82, 2.24) is 4.57 Å². The van der Waals surface area contributed by atoms with Gasteiger partial charge in [-0.25, -0.2) is 4.90 Å². The topological polar surface area (TPSA) is 42.3 Å². The number of amides is 2. The molecule has 0 N–H and O–H groups in total. The summed E-state index contributed by atoms with van der Waals surface area (Å²) in [5.41, 5.74) is 6.94. The molecule has 0 spiro atoms. The first kappa shape index (κ1) is 32.2. The number of imide groups is 1. The van der Waals surface area contributed by atoms with Gasteiger partial charge in [-0.05, 0) is 77.2 Å². The number of benzene rings is 7. The zero-order valence-corrected chi connectivity index (χ0v) is 28.4. The fourth-order valence-corrected chi connectivity index (χ4v) is 7.57. The van der Waals surface area contributed by atoms with E-state index in [0.717, 1.165) is 45.3 Å². The van der Waals surface area contributed by atoms with Gasteiger partial charge < -0.3 is 4.57 Å². The van der Waals surface area contributed by atoms with Crippen molar-refractivity contribution >= 4 is 39.3 Å². The van der Waals surface area contributed by atoms with Crippen LogP contribution >= 0.6 is 0 Å². The van der Waals surface area contributed by atoms with Crippen LogP contribution in [0.1, 0.15) is 31.8 Å². The van der Waals surface area contributed by atoms with E-state index in [1.54, 1.807) is 22.8 Å². The summed E-state index contributed by atoms with van der Waals surface area (Å²) in [6.07, 6.45) is -4.58. The smallest absolute Gasteiger partial charge is 0.308 e. The number of fused-ring (bicyclic) bond motifs is 4. The lowest BCUT2D eigenvalue weighted by molar-refractivity contribution is -0.137. The van der Waals surface area contributed by atoms with Gasteiger partial charge in [0, 0.05) is 21.9 Å². The third-order valence-corrected chi connectivity index (χ3v) is 9.99. The van der Waals surface area contributed by atoms with Crippen LogP contribution in [0.15, 0.2) is 158 Å². The largest absolute Gasteiger partial charge is 0.416 e. The number of hydrogen-bond acceptors (Lipinski definition) is 2. The van der Waals surface area contributed by atoms with Gasteiger partial charge in [0.25, 0.3) is 11.8 Å². The molecular weight excluding hydrogens is 670 g/mol. The van der Waals surface area contributed by atoms with E-state index in [9.17, 15) is 18.0 Å². The molecule has 0 radical (unpaired) electrons. The minimum Gasteiger partial charge on any atom is -0.308 e. The zero-order chi connectivity index (χ0) is 36.4. The van der Waals surface area contributed by atoms with Crippen LogP contribution < -0.4 is 4.90 Å². The zero-order valence-electron chi connectivity index (χ0n) is 28.4. The molecule has 2 amide bonds. The standard InChI is InChI=1S/C46H29F3N2O2/c1-28-20-22-34-35-23-21-33(46(47,48)49)27-41(35)50(40(34)24-28)39-19-11-18-36-42(39)45(53)51(44(36)52)43-37(30-14-7-3-8-15-30)25-32(29-12-5-2-6-13-29)26-38(43)31-16-9-4-10-17-31/h2-27H,1H3. The Hall–Kier alpha value is -6.73. The lowest BCUT2D eigenvalue weighted by Gasteiger charge is -2.24. The average molecular weight is 699 g/mol. The molecule has 1 aromatic heterocycles. The molecule has 0 bridgehead atoms. The number of carbonyl (C=O) groups excluding carboxylic acids is 2. The summed E-state index contributed by atoms with van der Waals surface area (Å²) in [7, 11) is 0. The van der Waals surface area contributed by atoms with Crippen LogP contribution in [0.3, 0.4) is 0 Å². The molecule has 0 atom stereocenters. The first-order valence-corrected chi connectivity index (χ1v) is 17.2. The number of aromatic nitrogens is 1. The maximum Gasteiger partial charge on any atom is 0.416 e. The number of carbonyl (C=O) groups is 2. The maximum atomic E-state index is 15.1. The van der Waals surface area contributed by atoms with E-state index in [4.69, 9.17) is 0 Å². The van der Waals surface area contributed by atoms with E-state index >= 15 is 4.79 Å². The molecule has 0 unspecified atom stereocenters. The Bertz CT molecular complexity index is 2690. The molecule has 4 nitrogen and oxygen atoms in total. The van der Waals surface area contributed by atoms with E-state index in [-0.39, 0.29) is 16.6 Å². The molecule has 1 aliphatic rings. The molecule has 9 rings (SSSR count). The van der Waals surface area contributed by atoms with Crippen LogP contribution in [0.2, 0.25) is 0 Å². The summed E-state index contributed by atoms with van der Waals surface area (Å²) >= 11 is 0. The molecule has 0 fully saturated rings. The van der Waals surface area contributed by atoms with E-state index < -0.39 is 23.6 Å². The maximum absolute atomic E-state index is 15.1. The van der Waals surface area contributed by atoms with Gasteiger partial charge in [-0.2, -0.15) is 13.2 Å². The third kappa shape index (κ3) is 5.23. The molecule has 8 aromatic rings. The average Bonchev–Trinajstić information content (AvgIpc) is 3.64. The van der Waals surface area contributed by atoms with Gasteiger partial charge in [0.2, 0.25) is 0 Å². The monoisotopic (exact) mass is 698 g/mol. The molecule has 0 saturated carbocycles. The summed E-state index contributed by atoms with van der Waals surface area (Å²) < 4.78 is 44.0. The second kappa shape index (κ2) is 12.2. The van der Waals surface area contributed by atoms with Gasteiger partial charge in [-0.3, -0.25) is 9.59 Å². The minimum atomic E-state index is -4.58. The third-order valence-electron chi connectivity index (χ3n) is 9.99. The molecule has 7 aromatic carbocycles. The Balaban J connectivity index is 1.32. The number of rotatable bonds is 5. The van der Waals surface area contributed by atoms with Gasteiger partial charge in [-0.1, -0.05) is 115 Å². The lowest BCUT2D eigenvalue weighted by atomic mass is 9.90. The van der Waals surface area contributed by atoms with Gasteiger partial charge in [0.1, 0.15) is 0 Å². The normalized spacial score (nSPS) is 12.9. The Morgan fingerprint density at radius 3 is 1.62 bits per heavy atom. The van der Waals surface area contributed by atoms with Crippen molar-refractivity contribution < 1.29 is 22.8 Å². The fraction of sp³-hybridized carbons (Fsp3) is 0.0435. The van der Waals surface area contributed by atoms with Crippen LogP contribution in [0.25, 0.3) is 60.9 Å². The van der Waals surface area contributed by atoms with Crippen LogP contribution in [0, 0.1) is 6.92 Å². The number of nitrogens with zero attached hydrogens (tertiary/aromatic N) is 2. The molecule has 256 valence electrons. The van der Waals surface area contributed by atoms with Crippen molar-refractivity contribution in [2.75, 3.05) is 4.90 Å². The van der Waals surface area contributed by atoms with Crippen LogP contribution in [-0.4, -0.2) is 16.4 Å². The van der Waals surface area contributed by atoms with Crippen molar-refractivity contribution in [1.29, 1.82) is 0 Å². The van der Waals surface area contributed by atoms with E-state index in [0.29, 0.717) is 33.4 Å². The highest BCUT2D eigenvalue weighted by Crippen LogP contribution is 2.47. The highest BCUT2D eigenvalue weighted by Gasteiger charge is 2.42. The molecule has 0 saturated heterocycles. The molecule has 1 aliphatic heterocycles. The summed E-state index contributed by atoms with van der Waals surface area (Å²) in [5.74, 6) is -1.07. The predicted molar refractivity (Wildman–Crippen MR) is 204 cm³/mol. The van der Waals surface area contributed by atoms with Crippen LogP contribution in [0.4, 0.5) is 18.9 Å². The quantitative estimate of drug-likeness (QED) is 0.168. The Kier molecular flexibility index (Phi) is 7.41. The predicted octanol–water partition coefficient (Wildman–Crippen LogP) is 11.9. The molecule has 7 heteroatoms. The van der Waals surface area contributed by atoms with Crippen molar-refractivity contribution in [2.24, 2.45) is 0 Å². The Morgan fingerprint density at radius 1 is 0.491 bits per heavy atom. The second-order valence-electron chi connectivity index (χ2n) is 13.2. The first-order valence-electron chi connectivity index (χ1n) is 17.2. The molecule has 53 heavy (non-hydrogen) atoms. The lowest BCUT2D eigenvalue weighted by Crippen LogP contribution is -2.30.